The molecule has 20 heavy (non-hydrogen) atoms. The second-order valence-electron chi connectivity index (χ2n) is 5.25. The van der Waals surface area contributed by atoms with E-state index in [2.05, 4.69) is 15.6 Å². The first kappa shape index (κ1) is 15.9. The highest BCUT2D eigenvalue weighted by Gasteiger charge is 2.27. The van der Waals surface area contributed by atoms with Crippen molar-refractivity contribution in [2.24, 2.45) is 5.73 Å². The molecule has 0 fully saturated rings. The standard InChI is InChI=1S/C14H22N4O2/c1-5-6-16-11-8-10(7-9(2)17-11)12(19)18-14(3,4)13(15)20/h7-8H,5-6H2,1-4H3,(H2,15,20)(H,16,17)(H,18,19). The Hall–Kier alpha value is -2.11. The van der Waals surface area contributed by atoms with Crippen molar-refractivity contribution in [1.29, 1.82) is 0 Å². The fourth-order valence-corrected chi connectivity index (χ4v) is 1.56. The molecule has 1 heterocycles. The minimum Gasteiger partial charge on any atom is -0.370 e. The van der Waals surface area contributed by atoms with E-state index in [-0.39, 0.29) is 5.91 Å². The maximum absolute atomic E-state index is 12.2. The second kappa shape index (κ2) is 6.36. The van der Waals surface area contributed by atoms with Crippen molar-refractivity contribution in [2.45, 2.75) is 39.7 Å². The second-order valence-corrected chi connectivity index (χ2v) is 5.25. The summed E-state index contributed by atoms with van der Waals surface area (Å²) in [7, 11) is 0. The Labute approximate surface area is 119 Å². The third kappa shape index (κ3) is 4.22. The summed E-state index contributed by atoms with van der Waals surface area (Å²) in [5, 5.41) is 5.75. The molecule has 0 saturated heterocycles. The van der Waals surface area contributed by atoms with Crippen LogP contribution in [-0.2, 0) is 4.79 Å². The van der Waals surface area contributed by atoms with Gasteiger partial charge in [0.05, 0.1) is 0 Å². The first-order chi connectivity index (χ1) is 9.26. The molecule has 0 aliphatic rings. The van der Waals surface area contributed by atoms with E-state index in [1.54, 1.807) is 26.0 Å². The molecule has 1 aromatic heterocycles. The minimum absolute atomic E-state index is 0.348. The van der Waals surface area contributed by atoms with Crippen molar-refractivity contribution in [1.82, 2.24) is 10.3 Å². The van der Waals surface area contributed by atoms with Crippen LogP contribution in [0.4, 0.5) is 5.82 Å². The van der Waals surface area contributed by atoms with Crippen LogP contribution in [0.3, 0.4) is 0 Å². The lowest BCUT2D eigenvalue weighted by molar-refractivity contribution is -0.122. The van der Waals surface area contributed by atoms with Gasteiger partial charge in [-0.15, -0.1) is 0 Å². The van der Waals surface area contributed by atoms with Crippen molar-refractivity contribution in [3.05, 3.63) is 23.4 Å². The molecule has 0 aliphatic heterocycles. The number of carbonyl (C=O) groups excluding carboxylic acids is 2. The van der Waals surface area contributed by atoms with E-state index in [4.69, 9.17) is 5.73 Å². The van der Waals surface area contributed by atoms with Gasteiger partial charge in [-0.3, -0.25) is 9.59 Å². The van der Waals surface area contributed by atoms with Gasteiger partial charge in [-0.2, -0.15) is 0 Å². The van der Waals surface area contributed by atoms with E-state index in [0.717, 1.165) is 18.7 Å². The number of anilines is 1. The Morgan fingerprint density at radius 1 is 1.35 bits per heavy atom. The predicted octanol–water partition coefficient (Wildman–Crippen LogP) is 1.21. The number of primary amides is 1. The minimum atomic E-state index is -1.09. The van der Waals surface area contributed by atoms with Gasteiger partial charge in [-0.1, -0.05) is 6.92 Å². The monoisotopic (exact) mass is 278 g/mol. The summed E-state index contributed by atoms with van der Waals surface area (Å²) in [5.74, 6) is -0.284. The van der Waals surface area contributed by atoms with Gasteiger partial charge in [0.25, 0.3) is 5.91 Å². The number of amides is 2. The Morgan fingerprint density at radius 2 is 2.00 bits per heavy atom. The molecule has 6 heteroatoms. The van der Waals surface area contributed by atoms with Crippen molar-refractivity contribution in [3.63, 3.8) is 0 Å². The molecule has 110 valence electrons. The average molecular weight is 278 g/mol. The van der Waals surface area contributed by atoms with Gasteiger partial charge in [-0.05, 0) is 39.3 Å². The number of aryl methyl sites for hydroxylation is 1. The molecule has 0 aliphatic carbocycles. The SMILES string of the molecule is CCCNc1cc(C(=O)NC(C)(C)C(N)=O)cc(C)n1. The molecule has 4 N–H and O–H groups in total. The van der Waals surface area contributed by atoms with E-state index >= 15 is 0 Å². The third-order valence-corrected chi connectivity index (χ3v) is 2.81. The summed E-state index contributed by atoms with van der Waals surface area (Å²) in [6.07, 6.45) is 0.964. The van der Waals surface area contributed by atoms with Crippen LogP contribution in [-0.4, -0.2) is 28.9 Å². The zero-order valence-corrected chi connectivity index (χ0v) is 12.4. The van der Waals surface area contributed by atoms with Crippen LogP contribution < -0.4 is 16.4 Å². The van der Waals surface area contributed by atoms with Crippen LogP contribution in [0.25, 0.3) is 0 Å². The maximum atomic E-state index is 12.2. The highest BCUT2D eigenvalue weighted by Crippen LogP contribution is 2.12. The largest absolute Gasteiger partial charge is 0.370 e. The Balaban J connectivity index is 2.93. The quantitative estimate of drug-likeness (QED) is 0.728. The van der Waals surface area contributed by atoms with Gasteiger partial charge in [0, 0.05) is 17.8 Å². The molecule has 0 saturated carbocycles. The average Bonchev–Trinajstić information content (AvgIpc) is 2.35. The Morgan fingerprint density at radius 3 is 2.55 bits per heavy atom. The van der Waals surface area contributed by atoms with Crippen molar-refractivity contribution in [3.8, 4) is 0 Å². The molecule has 1 aromatic rings. The van der Waals surface area contributed by atoms with Crippen molar-refractivity contribution < 1.29 is 9.59 Å². The summed E-state index contributed by atoms with van der Waals surface area (Å²) in [6.45, 7) is 7.78. The molecule has 0 spiro atoms. The first-order valence-corrected chi connectivity index (χ1v) is 6.61. The fraction of sp³-hybridized carbons (Fsp3) is 0.500. The molecule has 0 unspecified atom stereocenters. The molecular formula is C14H22N4O2. The van der Waals surface area contributed by atoms with Crippen LogP contribution in [0.5, 0.6) is 0 Å². The lowest BCUT2D eigenvalue weighted by atomic mass is 10.0. The van der Waals surface area contributed by atoms with Crippen molar-refractivity contribution in [2.75, 3.05) is 11.9 Å². The Kier molecular flexibility index (Phi) is 5.07. The summed E-state index contributed by atoms with van der Waals surface area (Å²) in [5.41, 5.74) is 5.33. The summed E-state index contributed by atoms with van der Waals surface area (Å²) in [4.78, 5) is 27.7. The highest BCUT2D eigenvalue weighted by molar-refractivity contribution is 5.99. The number of pyridine rings is 1. The smallest absolute Gasteiger partial charge is 0.252 e. The van der Waals surface area contributed by atoms with Gasteiger partial charge in [0.1, 0.15) is 11.4 Å². The summed E-state index contributed by atoms with van der Waals surface area (Å²) >= 11 is 0. The zero-order chi connectivity index (χ0) is 15.3. The molecule has 6 nitrogen and oxygen atoms in total. The maximum Gasteiger partial charge on any atom is 0.252 e. The molecule has 0 radical (unpaired) electrons. The number of hydrogen-bond donors (Lipinski definition) is 3. The normalized spacial score (nSPS) is 11.0. The number of hydrogen-bond acceptors (Lipinski definition) is 4. The third-order valence-electron chi connectivity index (χ3n) is 2.81. The lowest BCUT2D eigenvalue weighted by Gasteiger charge is -2.22. The number of nitrogens with one attached hydrogen (secondary N) is 2. The van der Waals surface area contributed by atoms with E-state index in [9.17, 15) is 9.59 Å². The van der Waals surface area contributed by atoms with E-state index in [1.165, 1.54) is 0 Å². The number of aromatic nitrogens is 1. The molecule has 0 bridgehead atoms. The Bertz CT molecular complexity index is 512. The van der Waals surface area contributed by atoms with Gasteiger partial charge >= 0.3 is 0 Å². The molecule has 0 atom stereocenters. The molecule has 2 amide bonds. The van der Waals surface area contributed by atoms with E-state index in [1.807, 2.05) is 13.8 Å². The lowest BCUT2D eigenvalue weighted by Crippen LogP contribution is -2.53. The van der Waals surface area contributed by atoms with Crippen LogP contribution >= 0.6 is 0 Å². The first-order valence-electron chi connectivity index (χ1n) is 6.61. The predicted molar refractivity (Wildman–Crippen MR) is 78.5 cm³/mol. The molecular weight excluding hydrogens is 256 g/mol. The summed E-state index contributed by atoms with van der Waals surface area (Å²) in [6, 6.07) is 3.33. The zero-order valence-electron chi connectivity index (χ0n) is 12.4. The van der Waals surface area contributed by atoms with Crippen LogP contribution in [0.15, 0.2) is 12.1 Å². The fourth-order valence-electron chi connectivity index (χ4n) is 1.56. The molecule has 0 aromatic carbocycles. The van der Waals surface area contributed by atoms with Crippen molar-refractivity contribution >= 4 is 17.6 Å². The van der Waals surface area contributed by atoms with E-state index < -0.39 is 11.4 Å². The number of nitrogens with two attached hydrogens (primary N) is 1. The summed E-state index contributed by atoms with van der Waals surface area (Å²) < 4.78 is 0. The van der Waals surface area contributed by atoms with Gasteiger partial charge < -0.3 is 16.4 Å². The van der Waals surface area contributed by atoms with Crippen LogP contribution in [0.1, 0.15) is 43.2 Å². The van der Waals surface area contributed by atoms with Gasteiger partial charge in [-0.25, -0.2) is 4.98 Å². The number of carbonyl (C=O) groups is 2. The van der Waals surface area contributed by atoms with Crippen LogP contribution in [0, 0.1) is 6.92 Å². The van der Waals surface area contributed by atoms with Crippen LogP contribution in [0.2, 0.25) is 0 Å². The number of rotatable bonds is 6. The van der Waals surface area contributed by atoms with Gasteiger partial charge in [0.15, 0.2) is 0 Å². The van der Waals surface area contributed by atoms with Gasteiger partial charge in [0.2, 0.25) is 5.91 Å². The molecule has 1 rings (SSSR count). The number of nitrogens with zero attached hydrogens (tertiary/aromatic N) is 1. The highest BCUT2D eigenvalue weighted by atomic mass is 16.2. The van der Waals surface area contributed by atoms with E-state index in [0.29, 0.717) is 11.4 Å². The topological polar surface area (TPSA) is 97.1 Å².